The van der Waals surface area contributed by atoms with Gasteiger partial charge in [-0.2, -0.15) is 30.7 Å². The molecule has 0 N–H and O–H groups in total. The third kappa shape index (κ3) is 3.22. The summed E-state index contributed by atoms with van der Waals surface area (Å²) in [6.45, 7) is 2.11. The Balaban J connectivity index is 4.94. The van der Waals surface area contributed by atoms with Crippen LogP contribution in [0.4, 0.5) is 30.7 Å². The van der Waals surface area contributed by atoms with Gasteiger partial charge in [-0.25, -0.2) is 4.79 Å². The van der Waals surface area contributed by atoms with E-state index < -0.39 is 36.5 Å². The van der Waals surface area contributed by atoms with Gasteiger partial charge in [0.15, 0.2) is 0 Å². The summed E-state index contributed by atoms with van der Waals surface area (Å²) >= 11 is 0. The summed E-state index contributed by atoms with van der Waals surface area (Å²) in [5, 5.41) is 0. The van der Waals surface area contributed by atoms with Crippen molar-refractivity contribution in [2.45, 2.75) is 31.9 Å². The second-order valence-corrected chi connectivity index (χ2v) is 3.64. The minimum absolute atomic E-state index is 0.478. The molecule has 17 heavy (non-hydrogen) atoms. The van der Waals surface area contributed by atoms with Gasteiger partial charge in [0.25, 0.3) is 0 Å². The maximum absolute atomic E-state index is 12.6. The van der Waals surface area contributed by atoms with E-state index in [1.807, 2.05) is 0 Å². The average Bonchev–Trinajstić information content (AvgIpc) is 2.11. The van der Waals surface area contributed by atoms with Crippen LogP contribution < -0.4 is 0 Å². The monoisotopic (exact) mass is 270 g/mol. The molecule has 9 heteroatoms. The number of rotatable bonds is 4. The van der Waals surface area contributed by atoms with Crippen molar-refractivity contribution < 1.29 is 40.3 Å². The first-order chi connectivity index (χ1) is 7.34. The van der Waals surface area contributed by atoms with E-state index in [9.17, 15) is 35.5 Å². The molecule has 0 rings (SSSR count). The summed E-state index contributed by atoms with van der Waals surface area (Å²) < 4.78 is 88.4. The fraction of sp³-hybridized carbons (Fsp3) is 0.875. The predicted molar refractivity (Wildman–Crippen MR) is 41.7 cm³/mol. The molecule has 0 amide bonds. The van der Waals surface area contributed by atoms with Crippen molar-refractivity contribution in [2.75, 3.05) is 6.61 Å². The number of alkyl halides is 7. The summed E-state index contributed by atoms with van der Waals surface area (Å²) in [4.78, 5) is 10.5. The predicted octanol–water partition coefficient (Wildman–Crippen LogP) is 3.02. The lowest BCUT2D eigenvalue weighted by Gasteiger charge is -2.26. The second kappa shape index (κ2) is 4.69. The largest absolute Gasteiger partial charge is 0.461 e. The zero-order chi connectivity index (χ0) is 14.1. The van der Waals surface area contributed by atoms with E-state index in [0.717, 1.165) is 0 Å². The Morgan fingerprint density at radius 2 is 1.47 bits per heavy atom. The van der Waals surface area contributed by atoms with Crippen molar-refractivity contribution in [3.63, 3.8) is 0 Å². The van der Waals surface area contributed by atoms with E-state index >= 15 is 0 Å². The summed E-state index contributed by atoms with van der Waals surface area (Å²) in [6, 6.07) is 0. The highest BCUT2D eigenvalue weighted by molar-refractivity contribution is 5.79. The number of carbonyl (C=O) groups excluding carboxylic acids is 1. The van der Waals surface area contributed by atoms with E-state index in [1.165, 1.54) is 13.8 Å². The Morgan fingerprint density at radius 1 is 1.06 bits per heavy atom. The molecule has 0 radical (unpaired) electrons. The third-order valence-electron chi connectivity index (χ3n) is 1.55. The zero-order valence-corrected chi connectivity index (χ0v) is 8.75. The zero-order valence-electron chi connectivity index (χ0n) is 8.75. The molecule has 0 heterocycles. The van der Waals surface area contributed by atoms with Gasteiger partial charge < -0.3 is 4.74 Å². The molecule has 0 aromatic carbocycles. The Bertz CT molecular complexity index is 282. The molecule has 0 spiro atoms. The fourth-order valence-electron chi connectivity index (χ4n) is 0.639. The summed E-state index contributed by atoms with van der Waals surface area (Å²) in [5.41, 5.74) is 0. The second-order valence-electron chi connectivity index (χ2n) is 3.64. The van der Waals surface area contributed by atoms with Crippen LogP contribution in [-0.2, 0) is 9.53 Å². The molecule has 0 aromatic rings. The van der Waals surface area contributed by atoms with Crippen LogP contribution in [-0.4, -0.2) is 30.6 Å². The van der Waals surface area contributed by atoms with Gasteiger partial charge in [-0.1, -0.05) is 13.8 Å². The number of halogens is 7. The van der Waals surface area contributed by atoms with Crippen LogP contribution in [0.15, 0.2) is 0 Å². The van der Waals surface area contributed by atoms with Crippen molar-refractivity contribution >= 4 is 5.97 Å². The first kappa shape index (κ1) is 16.0. The minimum Gasteiger partial charge on any atom is -0.461 e. The normalized spacial score (nSPS) is 14.0. The molecule has 2 nitrogen and oxygen atoms in total. The third-order valence-corrected chi connectivity index (χ3v) is 1.55. The Morgan fingerprint density at radius 3 is 1.76 bits per heavy atom. The first-order valence-electron chi connectivity index (χ1n) is 4.33. The molecule has 0 aromatic heterocycles. The molecule has 0 saturated heterocycles. The molecule has 0 aliphatic carbocycles. The maximum atomic E-state index is 12.6. The summed E-state index contributed by atoms with van der Waals surface area (Å²) in [7, 11) is 0. The minimum atomic E-state index is -6.53. The highest BCUT2D eigenvalue weighted by Crippen LogP contribution is 2.46. The van der Waals surface area contributed by atoms with E-state index in [2.05, 4.69) is 4.74 Å². The van der Waals surface area contributed by atoms with Crippen molar-refractivity contribution in [2.24, 2.45) is 5.92 Å². The quantitative estimate of drug-likeness (QED) is 0.579. The van der Waals surface area contributed by atoms with Crippen molar-refractivity contribution in [1.82, 2.24) is 0 Å². The topological polar surface area (TPSA) is 26.3 Å². The van der Waals surface area contributed by atoms with Gasteiger partial charge in [-0.05, 0) is 5.92 Å². The van der Waals surface area contributed by atoms with Gasteiger partial charge in [0.2, 0.25) is 0 Å². The molecule has 0 bridgehead atoms. The van der Waals surface area contributed by atoms with Crippen LogP contribution in [0, 0.1) is 5.92 Å². The lowest BCUT2D eigenvalue weighted by atomic mass is 10.1. The fourth-order valence-corrected chi connectivity index (χ4v) is 0.639. The van der Waals surface area contributed by atoms with Gasteiger partial charge in [0, 0.05) is 0 Å². The molecular weight excluding hydrogens is 261 g/mol. The maximum Gasteiger partial charge on any atom is 0.460 e. The van der Waals surface area contributed by atoms with Gasteiger partial charge in [0.1, 0.15) is 0 Å². The van der Waals surface area contributed by atoms with Gasteiger partial charge in [0.05, 0.1) is 6.61 Å². The molecule has 0 fully saturated rings. The van der Waals surface area contributed by atoms with Crippen LogP contribution in [0.25, 0.3) is 0 Å². The smallest absolute Gasteiger partial charge is 0.460 e. The number of hydrogen-bond acceptors (Lipinski definition) is 2. The van der Waals surface area contributed by atoms with Crippen LogP contribution in [0.3, 0.4) is 0 Å². The van der Waals surface area contributed by atoms with Crippen molar-refractivity contribution in [1.29, 1.82) is 0 Å². The van der Waals surface area contributed by atoms with E-state index in [0.29, 0.717) is 0 Å². The van der Waals surface area contributed by atoms with Crippen LogP contribution >= 0.6 is 0 Å². The SMILES string of the molecule is CC(C)COC(=O)C(F)(F)C(F)(F)C(F)(F)F. The summed E-state index contributed by atoms with van der Waals surface area (Å²) in [6.07, 6.45) is -6.53. The van der Waals surface area contributed by atoms with Gasteiger partial charge >= 0.3 is 24.0 Å². The van der Waals surface area contributed by atoms with Crippen LogP contribution in [0.5, 0.6) is 0 Å². The van der Waals surface area contributed by atoms with E-state index in [-0.39, 0.29) is 0 Å². The van der Waals surface area contributed by atoms with Crippen molar-refractivity contribution in [3.8, 4) is 0 Å². The summed E-state index contributed by atoms with van der Waals surface area (Å²) in [5.74, 6) is -15.8. The first-order valence-corrected chi connectivity index (χ1v) is 4.33. The lowest BCUT2D eigenvalue weighted by molar-refractivity contribution is -0.348. The number of ether oxygens (including phenoxy) is 1. The standard InChI is InChI=1S/C8H9F7O2/c1-4(2)3-17-5(16)6(9,10)7(11,12)8(13,14)15/h4H,3H2,1-2H3. The molecule has 0 aliphatic rings. The highest BCUT2D eigenvalue weighted by Gasteiger charge is 2.77. The van der Waals surface area contributed by atoms with Crippen LogP contribution in [0.1, 0.15) is 13.8 Å². The molecule has 102 valence electrons. The Labute approximate surface area is 91.7 Å². The number of esters is 1. The van der Waals surface area contributed by atoms with E-state index in [1.54, 1.807) is 0 Å². The molecular formula is C8H9F7O2. The average molecular weight is 270 g/mol. The highest BCUT2D eigenvalue weighted by atomic mass is 19.4. The Hall–Kier alpha value is -1.02. The lowest BCUT2D eigenvalue weighted by Crippen LogP contribution is -2.56. The molecule has 0 aliphatic heterocycles. The Kier molecular flexibility index (Phi) is 4.41. The van der Waals surface area contributed by atoms with Crippen LogP contribution in [0.2, 0.25) is 0 Å². The molecule has 0 saturated carbocycles. The number of hydrogen-bond donors (Lipinski definition) is 0. The molecule has 0 atom stereocenters. The van der Waals surface area contributed by atoms with Gasteiger partial charge in [-0.15, -0.1) is 0 Å². The van der Waals surface area contributed by atoms with Crippen molar-refractivity contribution in [3.05, 3.63) is 0 Å². The molecule has 0 unspecified atom stereocenters. The van der Waals surface area contributed by atoms with E-state index in [4.69, 9.17) is 0 Å². The van der Waals surface area contributed by atoms with Gasteiger partial charge in [-0.3, -0.25) is 0 Å². The number of carbonyl (C=O) groups is 1.